The van der Waals surface area contributed by atoms with Gasteiger partial charge in [-0.05, 0) is 36.4 Å². The number of nitrogens with zero attached hydrogens (tertiary/aromatic N) is 3. The number of methoxy groups -OCH3 is 1. The highest BCUT2D eigenvalue weighted by Crippen LogP contribution is 2.25. The number of benzene rings is 2. The molecule has 1 aliphatic heterocycles. The Morgan fingerprint density at radius 1 is 1.25 bits per heavy atom. The Morgan fingerprint density at radius 2 is 2.03 bits per heavy atom. The first-order valence-corrected chi connectivity index (χ1v) is 9.76. The second-order valence-corrected chi connectivity index (χ2v) is 7.49. The summed E-state index contributed by atoms with van der Waals surface area (Å²) in [5, 5.41) is 15.3. The molecule has 2 heterocycles. The lowest BCUT2D eigenvalue weighted by Gasteiger charge is -2.13. The van der Waals surface area contributed by atoms with Crippen LogP contribution in [0.2, 0.25) is 0 Å². The predicted molar refractivity (Wildman–Crippen MR) is 115 cm³/mol. The van der Waals surface area contributed by atoms with Gasteiger partial charge in [0.25, 0.3) is 5.91 Å². The number of hydrogen-bond donors (Lipinski definition) is 2. The molecule has 1 atom stereocenters. The maximum Gasteiger partial charge on any atom is 0.359 e. The molecule has 1 saturated heterocycles. The molecule has 0 radical (unpaired) electrons. The van der Waals surface area contributed by atoms with E-state index in [2.05, 4.69) is 16.9 Å². The highest BCUT2D eigenvalue weighted by Gasteiger charge is 2.42. The van der Waals surface area contributed by atoms with Gasteiger partial charge in [0, 0.05) is 36.5 Å². The van der Waals surface area contributed by atoms with Crippen molar-refractivity contribution in [1.29, 1.82) is 0 Å². The molecule has 0 saturated carbocycles. The lowest BCUT2D eigenvalue weighted by molar-refractivity contribution is -0.137. The number of nitrogens with two attached hydrogens (primary N) is 1. The van der Waals surface area contributed by atoms with Gasteiger partial charge in [-0.15, -0.1) is 0 Å². The predicted octanol–water partition coefficient (Wildman–Crippen LogP) is 0.856. The number of carbonyl (C=O) groups is 3. The van der Waals surface area contributed by atoms with E-state index < -0.39 is 23.4 Å². The zero-order valence-corrected chi connectivity index (χ0v) is 17.5. The zero-order chi connectivity index (χ0) is 23.0. The van der Waals surface area contributed by atoms with Crippen molar-refractivity contribution in [2.75, 3.05) is 20.7 Å². The molecule has 3 aromatic rings. The Labute approximate surface area is 183 Å². The van der Waals surface area contributed by atoms with Crippen LogP contribution in [0.1, 0.15) is 32.8 Å². The third-order valence-electron chi connectivity index (χ3n) is 5.36. The van der Waals surface area contributed by atoms with Crippen LogP contribution in [-0.4, -0.2) is 63.9 Å². The highest BCUT2D eigenvalue weighted by atomic mass is 16.5. The standard InChI is InChI=1S/C23H20N4O5/c1-26-11-10-23(31,22(26)30)9-8-14-4-3-5-16(12-14)27-18-7-6-15(20(24)28)13-17(18)19(25-27)21(29)32-2/h3-7,12-13,31H,10-11H2,1-2H3,(H2,24,28)/t23-/m0/s1. The van der Waals surface area contributed by atoms with Crippen LogP contribution in [0.15, 0.2) is 42.5 Å². The lowest BCUT2D eigenvalue weighted by atomic mass is 10.0. The summed E-state index contributed by atoms with van der Waals surface area (Å²) in [6.45, 7) is 0.437. The van der Waals surface area contributed by atoms with E-state index in [-0.39, 0.29) is 17.7 Å². The summed E-state index contributed by atoms with van der Waals surface area (Å²) in [4.78, 5) is 37.4. The number of hydrogen-bond acceptors (Lipinski definition) is 6. The van der Waals surface area contributed by atoms with Crippen molar-refractivity contribution in [3.63, 3.8) is 0 Å². The van der Waals surface area contributed by atoms with Crippen LogP contribution in [0.4, 0.5) is 0 Å². The van der Waals surface area contributed by atoms with Crippen LogP contribution in [0.25, 0.3) is 16.6 Å². The van der Waals surface area contributed by atoms with Gasteiger partial charge in [0.15, 0.2) is 5.69 Å². The van der Waals surface area contributed by atoms with Crippen LogP contribution < -0.4 is 5.73 Å². The van der Waals surface area contributed by atoms with Gasteiger partial charge in [0.2, 0.25) is 11.5 Å². The third kappa shape index (κ3) is 3.57. The quantitative estimate of drug-likeness (QED) is 0.467. The summed E-state index contributed by atoms with van der Waals surface area (Å²) in [7, 11) is 2.86. The normalized spacial score (nSPS) is 17.8. The van der Waals surface area contributed by atoms with Crippen molar-refractivity contribution in [3.8, 4) is 17.5 Å². The minimum absolute atomic E-state index is 0.0380. The lowest BCUT2D eigenvalue weighted by Crippen LogP contribution is -2.37. The first kappa shape index (κ1) is 21.1. The van der Waals surface area contributed by atoms with Crippen LogP contribution in [0.5, 0.6) is 0 Å². The third-order valence-corrected chi connectivity index (χ3v) is 5.36. The van der Waals surface area contributed by atoms with Crippen LogP contribution in [0.3, 0.4) is 0 Å². The van der Waals surface area contributed by atoms with Gasteiger partial charge < -0.3 is 20.5 Å². The molecule has 2 amide bonds. The SMILES string of the molecule is COC(=O)c1nn(-c2cccc(C#C[C@]3(O)CCN(C)C3=O)c2)c2ccc(C(N)=O)cc12. The molecular weight excluding hydrogens is 412 g/mol. The summed E-state index contributed by atoms with van der Waals surface area (Å²) in [5.41, 5.74) is 5.65. The van der Waals surface area contributed by atoms with Crippen molar-refractivity contribution < 1.29 is 24.2 Å². The maximum atomic E-state index is 12.3. The van der Waals surface area contributed by atoms with Crippen molar-refractivity contribution in [2.45, 2.75) is 12.0 Å². The fourth-order valence-electron chi connectivity index (χ4n) is 3.58. The monoisotopic (exact) mass is 432 g/mol. The molecule has 0 bridgehead atoms. The molecule has 1 fully saturated rings. The number of ether oxygens (including phenoxy) is 1. The van der Waals surface area contributed by atoms with Gasteiger partial charge in [0.05, 0.1) is 18.3 Å². The summed E-state index contributed by atoms with van der Waals surface area (Å²) in [6, 6.07) is 11.7. The summed E-state index contributed by atoms with van der Waals surface area (Å²) in [5.74, 6) is 3.84. The fourth-order valence-corrected chi connectivity index (χ4v) is 3.58. The molecule has 162 valence electrons. The molecule has 9 nitrogen and oxygen atoms in total. The van der Waals surface area contributed by atoms with Crippen molar-refractivity contribution in [1.82, 2.24) is 14.7 Å². The second kappa shape index (κ2) is 7.83. The highest BCUT2D eigenvalue weighted by molar-refractivity contribution is 6.05. The van der Waals surface area contributed by atoms with Crippen LogP contribution >= 0.6 is 0 Å². The molecule has 3 N–H and O–H groups in total. The van der Waals surface area contributed by atoms with Crippen molar-refractivity contribution in [3.05, 3.63) is 59.3 Å². The number of aromatic nitrogens is 2. The molecule has 0 aliphatic carbocycles. The van der Waals surface area contributed by atoms with Crippen molar-refractivity contribution in [2.24, 2.45) is 5.73 Å². The van der Waals surface area contributed by atoms with E-state index in [9.17, 15) is 19.5 Å². The van der Waals surface area contributed by atoms with Gasteiger partial charge in [0.1, 0.15) is 0 Å². The van der Waals surface area contributed by atoms with E-state index in [0.717, 1.165) is 0 Å². The van der Waals surface area contributed by atoms with Gasteiger partial charge >= 0.3 is 5.97 Å². The van der Waals surface area contributed by atoms with Crippen molar-refractivity contribution >= 4 is 28.7 Å². The number of carbonyl (C=O) groups excluding carboxylic acids is 3. The molecule has 0 spiro atoms. The van der Waals surface area contributed by atoms with E-state index in [1.165, 1.54) is 22.8 Å². The van der Waals surface area contributed by atoms with Gasteiger partial charge in [-0.2, -0.15) is 5.10 Å². The molecule has 4 rings (SSSR count). The summed E-state index contributed by atoms with van der Waals surface area (Å²) in [6.07, 6.45) is 0.240. The Balaban J connectivity index is 1.79. The first-order chi connectivity index (χ1) is 15.2. The number of primary amides is 1. The number of rotatable bonds is 3. The Hall–Kier alpha value is -4.16. The van der Waals surface area contributed by atoms with E-state index >= 15 is 0 Å². The largest absolute Gasteiger partial charge is 0.464 e. The zero-order valence-electron chi connectivity index (χ0n) is 17.5. The molecule has 9 heteroatoms. The summed E-state index contributed by atoms with van der Waals surface area (Å²) >= 11 is 0. The number of aliphatic hydroxyl groups is 1. The summed E-state index contributed by atoms with van der Waals surface area (Å²) < 4.78 is 6.35. The molecule has 2 aromatic carbocycles. The van der Waals surface area contributed by atoms with Gasteiger partial charge in [-0.25, -0.2) is 9.48 Å². The Bertz CT molecular complexity index is 1330. The Kier molecular flexibility index (Phi) is 5.16. The fraction of sp³-hybridized carbons (Fsp3) is 0.217. The average Bonchev–Trinajstić information content (AvgIpc) is 3.30. The first-order valence-electron chi connectivity index (χ1n) is 9.76. The number of amides is 2. The van der Waals surface area contributed by atoms with Gasteiger partial charge in [-0.1, -0.05) is 17.9 Å². The number of likely N-dealkylation sites (N-methyl/N-ethyl adjacent to an activating group) is 1. The number of likely N-dealkylation sites (tertiary alicyclic amines) is 1. The number of esters is 1. The molecule has 0 unspecified atom stereocenters. The van der Waals surface area contributed by atoms with Crippen LogP contribution in [0, 0.1) is 11.8 Å². The second-order valence-electron chi connectivity index (χ2n) is 7.49. The van der Waals surface area contributed by atoms with E-state index in [4.69, 9.17) is 10.5 Å². The minimum atomic E-state index is -1.70. The maximum absolute atomic E-state index is 12.3. The Morgan fingerprint density at radius 3 is 2.69 bits per heavy atom. The molecule has 1 aromatic heterocycles. The van der Waals surface area contributed by atoms with E-state index in [0.29, 0.717) is 28.7 Å². The molecule has 1 aliphatic rings. The smallest absolute Gasteiger partial charge is 0.359 e. The topological polar surface area (TPSA) is 128 Å². The van der Waals surface area contributed by atoms with E-state index in [1.54, 1.807) is 43.4 Å². The molecule has 32 heavy (non-hydrogen) atoms. The van der Waals surface area contributed by atoms with Crippen LogP contribution in [-0.2, 0) is 9.53 Å². The number of fused-ring (bicyclic) bond motifs is 1. The van der Waals surface area contributed by atoms with Gasteiger partial charge in [-0.3, -0.25) is 9.59 Å². The minimum Gasteiger partial charge on any atom is -0.464 e. The molecular formula is C23H20N4O5. The average molecular weight is 432 g/mol. The van der Waals surface area contributed by atoms with E-state index in [1.807, 2.05) is 0 Å².